The highest BCUT2D eigenvalue weighted by molar-refractivity contribution is 6.30. The molecule has 6 nitrogen and oxygen atoms in total. The standard InChI is InChI=1S/C33H34N2O4/c1-20-13-14-23(28(34)17-20)19-35(33(38)39-24-16-15-21-7-2-3-8-22(21)18-24)29-12-6-11-27-30(29)32(37)26-10-5-4-9-25(26)31(27)36/h4-6,9-14,17,21-22,24H,2-3,7-8,15-16,18-19,34H2,1H3. The van der Waals surface area contributed by atoms with Crippen molar-refractivity contribution in [1.29, 1.82) is 0 Å². The van der Waals surface area contributed by atoms with Crippen LogP contribution in [0.3, 0.4) is 0 Å². The summed E-state index contributed by atoms with van der Waals surface area (Å²) in [6.07, 6.45) is 7.16. The summed E-state index contributed by atoms with van der Waals surface area (Å²) in [5, 5.41) is 0. The fourth-order valence-electron chi connectivity index (χ4n) is 6.77. The Labute approximate surface area is 229 Å². The summed E-state index contributed by atoms with van der Waals surface area (Å²) >= 11 is 0. The molecule has 0 aromatic heterocycles. The third kappa shape index (κ3) is 4.73. The molecule has 0 saturated heterocycles. The first-order chi connectivity index (χ1) is 18.9. The monoisotopic (exact) mass is 522 g/mol. The molecule has 1 amide bonds. The minimum absolute atomic E-state index is 0.128. The van der Waals surface area contributed by atoms with E-state index in [1.807, 2.05) is 25.1 Å². The van der Waals surface area contributed by atoms with Gasteiger partial charge in [0.15, 0.2) is 11.6 Å². The lowest BCUT2D eigenvalue weighted by molar-refractivity contribution is 0.0305. The Balaban J connectivity index is 1.37. The highest BCUT2D eigenvalue weighted by atomic mass is 16.6. The molecule has 6 heteroatoms. The van der Waals surface area contributed by atoms with Gasteiger partial charge in [0, 0.05) is 22.4 Å². The van der Waals surface area contributed by atoms with E-state index >= 15 is 0 Å². The van der Waals surface area contributed by atoms with Crippen molar-refractivity contribution in [1.82, 2.24) is 0 Å². The first-order valence-corrected chi connectivity index (χ1v) is 14.1. The summed E-state index contributed by atoms with van der Waals surface area (Å²) in [5.74, 6) is 0.850. The third-order valence-corrected chi connectivity index (χ3v) is 8.83. The van der Waals surface area contributed by atoms with Crippen LogP contribution >= 0.6 is 0 Å². The van der Waals surface area contributed by atoms with E-state index in [2.05, 4.69) is 0 Å². The molecule has 39 heavy (non-hydrogen) atoms. The molecule has 0 radical (unpaired) electrons. The Morgan fingerprint density at radius 1 is 0.872 bits per heavy atom. The van der Waals surface area contributed by atoms with Gasteiger partial charge in [0.1, 0.15) is 6.10 Å². The number of nitrogen functional groups attached to an aromatic ring is 1. The van der Waals surface area contributed by atoms with Gasteiger partial charge in [-0.1, -0.05) is 74.2 Å². The van der Waals surface area contributed by atoms with E-state index < -0.39 is 6.09 Å². The van der Waals surface area contributed by atoms with Gasteiger partial charge in [-0.15, -0.1) is 0 Å². The molecule has 0 aliphatic heterocycles. The highest BCUT2D eigenvalue weighted by Crippen LogP contribution is 2.42. The topological polar surface area (TPSA) is 89.7 Å². The van der Waals surface area contributed by atoms with Gasteiger partial charge in [-0.2, -0.15) is 0 Å². The van der Waals surface area contributed by atoms with Crippen molar-refractivity contribution in [2.75, 3.05) is 10.6 Å². The average molecular weight is 523 g/mol. The third-order valence-electron chi connectivity index (χ3n) is 8.83. The van der Waals surface area contributed by atoms with E-state index in [1.54, 1.807) is 42.5 Å². The number of hydrogen-bond donors (Lipinski definition) is 1. The predicted molar refractivity (Wildman–Crippen MR) is 151 cm³/mol. The Morgan fingerprint density at radius 2 is 1.59 bits per heavy atom. The number of nitrogens with two attached hydrogens (primary N) is 1. The van der Waals surface area contributed by atoms with Crippen LogP contribution in [0, 0.1) is 18.8 Å². The average Bonchev–Trinajstić information content (AvgIpc) is 2.95. The van der Waals surface area contributed by atoms with Gasteiger partial charge >= 0.3 is 6.09 Å². The van der Waals surface area contributed by atoms with Gasteiger partial charge in [-0.3, -0.25) is 14.5 Å². The van der Waals surface area contributed by atoms with Crippen molar-refractivity contribution in [2.24, 2.45) is 11.8 Å². The van der Waals surface area contributed by atoms with Gasteiger partial charge in [-0.25, -0.2) is 4.79 Å². The van der Waals surface area contributed by atoms with E-state index in [0.29, 0.717) is 34.0 Å². The molecule has 3 aliphatic rings. The second-order valence-corrected chi connectivity index (χ2v) is 11.3. The van der Waals surface area contributed by atoms with Crippen LogP contribution in [0.25, 0.3) is 0 Å². The fraction of sp³-hybridized carbons (Fsp3) is 0.364. The minimum atomic E-state index is -0.512. The van der Waals surface area contributed by atoms with Crippen LogP contribution in [0.5, 0.6) is 0 Å². The summed E-state index contributed by atoms with van der Waals surface area (Å²) in [6, 6.07) is 17.7. The Hall–Kier alpha value is -3.93. The summed E-state index contributed by atoms with van der Waals surface area (Å²) in [6.45, 7) is 2.09. The van der Waals surface area contributed by atoms with Gasteiger partial charge in [-0.05, 0) is 61.3 Å². The largest absolute Gasteiger partial charge is 0.446 e. The number of ketones is 2. The van der Waals surface area contributed by atoms with Crippen LogP contribution in [0.4, 0.5) is 16.2 Å². The number of fused-ring (bicyclic) bond motifs is 3. The molecular formula is C33H34N2O4. The van der Waals surface area contributed by atoms with Crippen molar-refractivity contribution < 1.29 is 19.1 Å². The molecule has 200 valence electrons. The van der Waals surface area contributed by atoms with Gasteiger partial charge in [0.2, 0.25) is 0 Å². The van der Waals surface area contributed by atoms with Gasteiger partial charge in [0.25, 0.3) is 0 Å². The van der Waals surface area contributed by atoms with E-state index in [1.165, 1.54) is 30.6 Å². The minimum Gasteiger partial charge on any atom is -0.446 e. The Morgan fingerprint density at radius 3 is 2.36 bits per heavy atom. The van der Waals surface area contributed by atoms with E-state index in [9.17, 15) is 14.4 Å². The maximum atomic E-state index is 13.9. The maximum absolute atomic E-state index is 13.9. The van der Waals surface area contributed by atoms with Crippen LogP contribution in [0.1, 0.15) is 87.9 Å². The zero-order chi connectivity index (χ0) is 27.1. The molecular weight excluding hydrogens is 488 g/mol. The number of carbonyl (C=O) groups is 3. The van der Waals surface area contributed by atoms with E-state index in [0.717, 1.165) is 36.3 Å². The number of benzene rings is 3. The predicted octanol–water partition coefficient (Wildman–Crippen LogP) is 6.85. The number of carbonyl (C=O) groups excluding carboxylic acids is 3. The maximum Gasteiger partial charge on any atom is 0.414 e. The quantitative estimate of drug-likeness (QED) is 0.296. The molecule has 2 N–H and O–H groups in total. The molecule has 3 aromatic rings. The van der Waals surface area contributed by atoms with Crippen molar-refractivity contribution in [3.63, 3.8) is 0 Å². The SMILES string of the molecule is Cc1ccc(CN(C(=O)OC2CCC3CCCCC3C2)c2cccc3c2C(=O)c2ccccc2C3=O)c(N)c1. The number of aryl methyl sites for hydroxylation is 1. The van der Waals surface area contributed by atoms with E-state index in [-0.39, 0.29) is 29.8 Å². The second-order valence-electron chi connectivity index (χ2n) is 11.3. The lowest BCUT2D eigenvalue weighted by Gasteiger charge is -2.39. The van der Waals surface area contributed by atoms with Crippen molar-refractivity contribution in [3.8, 4) is 0 Å². The first-order valence-electron chi connectivity index (χ1n) is 14.1. The number of hydrogen-bond acceptors (Lipinski definition) is 5. The summed E-state index contributed by atoms with van der Waals surface area (Å²) in [7, 11) is 0. The molecule has 0 heterocycles. The van der Waals surface area contributed by atoms with Gasteiger partial charge < -0.3 is 10.5 Å². The number of nitrogens with zero attached hydrogens (tertiary/aromatic N) is 1. The van der Waals surface area contributed by atoms with Crippen LogP contribution in [0.15, 0.2) is 60.7 Å². The molecule has 2 fully saturated rings. The molecule has 3 unspecified atom stereocenters. The number of ether oxygens (including phenoxy) is 1. The smallest absolute Gasteiger partial charge is 0.414 e. The van der Waals surface area contributed by atoms with Crippen LogP contribution in [-0.2, 0) is 11.3 Å². The molecule has 3 atom stereocenters. The number of rotatable bonds is 4. The summed E-state index contributed by atoms with van der Waals surface area (Å²) in [5.41, 5.74) is 10.3. The van der Waals surface area contributed by atoms with Crippen LogP contribution in [-0.4, -0.2) is 23.8 Å². The summed E-state index contributed by atoms with van der Waals surface area (Å²) < 4.78 is 6.17. The number of amides is 1. The second kappa shape index (κ2) is 10.3. The normalized spacial score (nSPS) is 21.9. The van der Waals surface area contributed by atoms with Crippen LogP contribution in [0.2, 0.25) is 0 Å². The van der Waals surface area contributed by atoms with Crippen LogP contribution < -0.4 is 10.6 Å². The van der Waals surface area contributed by atoms with Crippen molar-refractivity contribution in [3.05, 3.63) is 94.0 Å². The van der Waals surface area contributed by atoms with Gasteiger partial charge in [0.05, 0.1) is 17.8 Å². The summed E-state index contributed by atoms with van der Waals surface area (Å²) in [4.78, 5) is 42.6. The zero-order valence-electron chi connectivity index (χ0n) is 22.3. The Kier molecular flexibility index (Phi) is 6.71. The molecule has 0 spiro atoms. The lowest BCUT2D eigenvalue weighted by Crippen LogP contribution is -2.39. The van der Waals surface area contributed by atoms with Crippen molar-refractivity contribution in [2.45, 2.75) is 64.5 Å². The molecule has 2 saturated carbocycles. The zero-order valence-corrected chi connectivity index (χ0v) is 22.3. The lowest BCUT2D eigenvalue weighted by atomic mass is 9.70. The molecule has 0 bridgehead atoms. The van der Waals surface area contributed by atoms with Crippen molar-refractivity contribution >= 4 is 29.0 Å². The van der Waals surface area contributed by atoms with E-state index in [4.69, 9.17) is 10.5 Å². The molecule has 6 rings (SSSR count). The number of anilines is 2. The molecule has 3 aromatic carbocycles. The highest BCUT2D eigenvalue weighted by Gasteiger charge is 2.37. The first kappa shape index (κ1) is 25.4. The fourth-order valence-corrected chi connectivity index (χ4v) is 6.77. The Bertz CT molecular complexity index is 1460. The molecule has 3 aliphatic carbocycles.